The SMILES string of the molecule is Nc1ccc(Oc2cc(NC(=O)N3CCN(CCN4CCC4)CC3)ncn2)c(F)c1. The number of halogens is 1. The molecule has 30 heavy (non-hydrogen) atoms. The molecule has 1 aromatic carbocycles. The van der Waals surface area contributed by atoms with Crippen LogP contribution < -0.4 is 15.8 Å². The number of rotatable bonds is 6. The third-order valence-electron chi connectivity index (χ3n) is 5.39. The van der Waals surface area contributed by atoms with Crippen LogP contribution in [0.3, 0.4) is 0 Å². The van der Waals surface area contributed by atoms with Gasteiger partial charge in [-0.3, -0.25) is 10.2 Å². The van der Waals surface area contributed by atoms with E-state index in [4.69, 9.17) is 10.5 Å². The summed E-state index contributed by atoms with van der Waals surface area (Å²) in [6.45, 7) is 7.60. The number of nitrogens with one attached hydrogen (secondary N) is 1. The third-order valence-corrected chi connectivity index (χ3v) is 5.39. The number of nitrogens with zero attached hydrogens (tertiary/aromatic N) is 5. The predicted molar refractivity (Wildman–Crippen MR) is 111 cm³/mol. The van der Waals surface area contributed by atoms with Crippen LogP contribution in [0.1, 0.15) is 6.42 Å². The van der Waals surface area contributed by atoms with Gasteiger partial charge in [0.05, 0.1) is 0 Å². The van der Waals surface area contributed by atoms with E-state index in [0.29, 0.717) is 24.6 Å². The number of ether oxygens (including phenoxy) is 1. The van der Waals surface area contributed by atoms with E-state index in [-0.39, 0.29) is 17.7 Å². The largest absolute Gasteiger partial charge is 0.436 e. The molecule has 2 aliphatic rings. The van der Waals surface area contributed by atoms with E-state index in [1.54, 1.807) is 4.90 Å². The lowest BCUT2D eigenvalue weighted by atomic mass is 10.2. The average Bonchev–Trinajstić information content (AvgIpc) is 2.70. The van der Waals surface area contributed by atoms with Crippen molar-refractivity contribution in [2.45, 2.75) is 6.42 Å². The Morgan fingerprint density at radius 2 is 1.80 bits per heavy atom. The van der Waals surface area contributed by atoms with E-state index < -0.39 is 5.82 Å². The molecule has 0 bridgehead atoms. The average molecular weight is 415 g/mol. The highest BCUT2D eigenvalue weighted by molar-refractivity contribution is 5.88. The Hall–Kier alpha value is -2.98. The Labute approximate surface area is 174 Å². The normalized spacial score (nSPS) is 17.4. The predicted octanol–water partition coefficient (Wildman–Crippen LogP) is 1.85. The van der Waals surface area contributed by atoms with Crippen molar-refractivity contribution in [3.05, 3.63) is 36.4 Å². The number of nitrogens with two attached hydrogens (primary N) is 1. The zero-order valence-electron chi connectivity index (χ0n) is 16.8. The van der Waals surface area contributed by atoms with E-state index in [1.807, 2.05) is 0 Å². The van der Waals surface area contributed by atoms with E-state index in [9.17, 15) is 9.18 Å². The van der Waals surface area contributed by atoms with Crippen molar-refractivity contribution in [2.24, 2.45) is 0 Å². The molecule has 0 radical (unpaired) electrons. The highest BCUT2D eigenvalue weighted by Gasteiger charge is 2.22. The number of benzene rings is 1. The van der Waals surface area contributed by atoms with Gasteiger partial charge in [-0.05, 0) is 31.6 Å². The highest BCUT2D eigenvalue weighted by Crippen LogP contribution is 2.25. The molecule has 2 saturated heterocycles. The monoisotopic (exact) mass is 415 g/mol. The van der Waals surface area contributed by atoms with E-state index in [1.165, 1.54) is 50.1 Å². The molecule has 0 atom stereocenters. The first-order valence-corrected chi connectivity index (χ1v) is 10.1. The zero-order chi connectivity index (χ0) is 20.9. The first kappa shape index (κ1) is 20.3. The van der Waals surface area contributed by atoms with Gasteiger partial charge in [-0.25, -0.2) is 19.2 Å². The number of hydrogen-bond acceptors (Lipinski definition) is 7. The Morgan fingerprint density at radius 3 is 2.47 bits per heavy atom. The van der Waals surface area contributed by atoms with Crippen molar-refractivity contribution >= 4 is 17.5 Å². The number of carbonyl (C=O) groups is 1. The number of nitrogen functional groups attached to an aromatic ring is 1. The van der Waals surface area contributed by atoms with Gasteiger partial charge >= 0.3 is 6.03 Å². The number of piperazine rings is 1. The molecule has 3 heterocycles. The molecule has 2 amide bonds. The van der Waals surface area contributed by atoms with Crippen LogP contribution in [0.25, 0.3) is 0 Å². The first-order chi connectivity index (χ1) is 14.6. The molecule has 0 spiro atoms. The lowest BCUT2D eigenvalue weighted by Crippen LogP contribution is -2.52. The van der Waals surface area contributed by atoms with Gasteiger partial charge in [0.1, 0.15) is 12.1 Å². The van der Waals surface area contributed by atoms with Crippen LogP contribution in [-0.2, 0) is 0 Å². The van der Waals surface area contributed by atoms with Crippen LogP contribution in [0, 0.1) is 5.82 Å². The maximum Gasteiger partial charge on any atom is 0.323 e. The molecule has 3 N–H and O–H groups in total. The van der Waals surface area contributed by atoms with Crippen molar-refractivity contribution in [1.82, 2.24) is 24.7 Å². The Balaban J connectivity index is 1.27. The smallest absolute Gasteiger partial charge is 0.323 e. The number of carbonyl (C=O) groups excluding carboxylic acids is 1. The number of aromatic nitrogens is 2. The summed E-state index contributed by atoms with van der Waals surface area (Å²) in [7, 11) is 0. The summed E-state index contributed by atoms with van der Waals surface area (Å²) in [5.74, 6) is -0.179. The summed E-state index contributed by atoms with van der Waals surface area (Å²) < 4.78 is 19.4. The molecule has 2 fully saturated rings. The maximum absolute atomic E-state index is 13.9. The van der Waals surface area contributed by atoms with Crippen molar-refractivity contribution in [3.8, 4) is 11.6 Å². The van der Waals surface area contributed by atoms with Crippen LogP contribution >= 0.6 is 0 Å². The molecule has 9 nitrogen and oxygen atoms in total. The second-order valence-corrected chi connectivity index (χ2v) is 7.49. The Bertz CT molecular complexity index is 885. The van der Waals surface area contributed by atoms with Gasteiger partial charge in [-0.1, -0.05) is 0 Å². The van der Waals surface area contributed by atoms with Gasteiger partial charge < -0.3 is 20.3 Å². The number of anilines is 2. The van der Waals surface area contributed by atoms with Crippen LogP contribution in [0.2, 0.25) is 0 Å². The molecule has 4 rings (SSSR count). The van der Waals surface area contributed by atoms with Gasteiger partial charge in [0.15, 0.2) is 11.6 Å². The number of likely N-dealkylation sites (tertiary alicyclic amines) is 1. The van der Waals surface area contributed by atoms with Crippen LogP contribution in [0.5, 0.6) is 11.6 Å². The van der Waals surface area contributed by atoms with Crippen LogP contribution in [0.15, 0.2) is 30.6 Å². The Morgan fingerprint density at radius 1 is 1.07 bits per heavy atom. The number of amides is 2. The summed E-state index contributed by atoms with van der Waals surface area (Å²) in [5.41, 5.74) is 5.84. The highest BCUT2D eigenvalue weighted by atomic mass is 19.1. The minimum absolute atomic E-state index is 0.00507. The molecule has 1 aromatic heterocycles. The standard InChI is InChI=1S/C20H26FN7O2/c21-16-12-15(22)2-3-17(16)30-19-13-18(23-14-24-19)25-20(29)28-10-8-27(9-11-28)7-6-26-4-1-5-26/h2-3,12-14H,1,4-11,22H2,(H,23,24,25,29). The number of hydrogen-bond donors (Lipinski definition) is 2. The molecule has 0 aliphatic carbocycles. The van der Waals surface area contributed by atoms with Gasteiger partial charge in [0.25, 0.3) is 0 Å². The summed E-state index contributed by atoms with van der Waals surface area (Å²) in [5, 5.41) is 2.76. The second-order valence-electron chi connectivity index (χ2n) is 7.49. The van der Waals surface area contributed by atoms with Crippen molar-refractivity contribution < 1.29 is 13.9 Å². The van der Waals surface area contributed by atoms with Crippen molar-refractivity contribution in [2.75, 3.05) is 63.4 Å². The molecule has 0 saturated carbocycles. The Kier molecular flexibility index (Phi) is 6.24. The van der Waals surface area contributed by atoms with E-state index in [0.717, 1.165) is 26.2 Å². The molecule has 0 unspecified atom stereocenters. The topological polar surface area (TPSA) is 99.8 Å². The third kappa shape index (κ3) is 5.14. The molecular formula is C20H26FN7O2. The van der Waals surface area contributed by atoms with Crippen molar-refractivity contribution in [3.63, 3.8) is 0 Å². The maximum atomic E-state index is 13.9. The zero-order valence-corrected chi connectivity index (χ0v) is 16.8. The summed E-state index contributed by atoms with van der Waals surface area (Å²) in [6.07, 6.45) is 2.56. The van der Waals surface area contributed by atoms with Gasteiger partial charge in [0, 0.05) is 57.1 Å². The van der Waals surface area contributed by atoms with Crippen LogP contribution in [0.4, 0.5) is 20.7 Å². The van der Waals surface area contributed by atoms with Gasteiger partial charge in [-0.2, -0.15) is 0 Å². The molecule has 10 heteroatoms. The summed E-state index contributed by atoms with van der Waals surface area (Å²) in [6, 6.07) is 5.36. The fourth-order valence-corrected chi connectivity index (χ4v) is 3.43. The minimum atomic E-state index is -0.592. The van der Waals surface area contributed by atoms with Crippen LogP contribution in [-0.4, -0.2) is 83.1 Å². The quantitative estimate of drug-likeness (QED) is 0.695. The van der Waals surface area contributed by atoms with E-state index in [2.05, 4.69) is 25.1 Å². The summed E-state index contributed by atoms with van der Waals surface area (Å²) in [4.78, 5) is 27.2. The number of urea groups is 1. The fraction of sp³-hybridized carbons (Fsp3) is 0.450. The van der Waals surface area contributed by atoms with Gasteiger partial charge in [-0.15, -0.1) is 0 Å². The second kappa shape index (κ2) is 9.23. The molecular weight excluding hydrogens is 389 g/mol. The molecule has 160 valence electrons. The molecule has 2 aliphatic heterocycles. The minimum Gasteiger partial charge on any atom is -0.436 e. The summed E-state index contributed by atoms with van der Waals surface area (Å²) >= 11 is 0. The lowest BCUT2D eigenvalue weighted by Gasteiger charge is -2.37. The molecule has 2 aromatic rings. The van der Waals surface area contributed by atoms with Crippen molar-refractivity contribution in [1.29, 1.82) is 0 Å². The first-order valence-electron chi connectivity index (χ1n) is 10.1. The fourth-order valence-electron chi connectivity index (χ4n) is 3.43. The van der Waals surface area contributed by atoms with E-state index >= 15 is 0 Å². The lowest BCUT2D eigenvalue weighted by molar-refractivity contribution is 0.114. The van der Waals surface area contributed by atoms with Gasteiger partial charge in [0.2, 0.25) is 5.88 Å².